The van der Waals surface area contributed by atoms with Gasteiger partial charge in [-0.15, -0.1) is 0 Å². The van der Waals surface area contributed by atoms with E-state index in [0.717, 1.165) is 5.56 Å². The van der Waals surface area contributed by atoms with Crippen molar-refractivity contribution < 1.29 is 28.6 Å². The summed E-state index contributed by atoms with van der Waals surface area (Å²) in [5.74, 6) is -0.278. The van der Waals surface area contributed by atoms with E-state index >= 15 is 0 Å². The van der Waals surface area contributed by atoms with Gasteiger partial charge in [0.1, 0.15) is 0 Å². The number of carbonyl (C=O) groups is 3. The number of nitrogens with two attached hydrogens (primary N) is 1. The Hall–Kier alpha value is -4.08. The fourth-order valence-corrected chi connectivity index (χ4v) is 2.70. The molecule has 0 aromatic heterocycles. The number of hydrogen-bond donors (Lipinski definition) is 3. The van der Waals surface area contributed by atoms with Gasteiger partial charge in [0.2, 0.25) is 5.91 Å². The molecule has 10 heteroatoms. The zero-order chi connectivity index (χ0) is 23.3. The molecule has 0 aliphatic carbocycles. The second kappa shape index (κ2) is 12.6. The fourth-order valence-electron chi connectivity index (χ4n) is 2.70. The summed E-state index contributed by atoms with van der Waals surface area (Å²) in [7, 11) is 1.45. The van der Waals surface area contributed by atoms with Crippen LogP contribution in [-0.4, -0.2) is 44.4 Å². The summed E-state index contributed by atoms with van der Waals surface area (Å²) in [5.41, 5.74) is 8.89. The summed E-state index contributed by atoms with van der Waals surface area (Å²) in [6.45, 7) is 1.64. The van der Waals surface area contributed by atoms with Crippen LogP contribution in [0.2, 0.25) is 0 Å². The van der Waals surface area contributed by atoms with Crippen LogP contribution in [0.15, 0.2) is 53.6 Å². The van der Waals surface area contributed by atoms with Crippen LogP contribution in [-0.2, 0) is 14.3 Å². The topological polar surface area (TPSA) is 141 Å². The van der Waals surface area contributed by atoms with Crippen LogP contribution in [0.1, 0.15) is 30.5 Å². The molecule has 0 aliphatic rings. The molecule has 0 heterocycles. The number of alkyl carbamates (subject to hydrolysis) is 1. The number of nitrogens with zero attached hydrogens (tertiary/aromatic N) is 1. The maximum atomic E-state index is 12.4. The van der Waals surface area contributed by atoms with E-state index in [1.165, 1.54) is 13.3 Å². The first-order valence-corrected chi connectivity index (χ1v) is 9.82. The molecular formula is C22H26N4O6. The minimum Gasteiger partial charge on any atom is -0.493 e. The van der Waals surface area contributed by atoms with Crippen molar-refractivity contribution >= 4 is 24.1 Å². The average molecular weight is 442 g/mol. The molecule has 32 heavy (non-hydrogen) atoms. The maximum Gasteiger partial charge on any atom is 0.407 e. The predicted molar refractivity (Wildman–Crippen MR) is 117 cm³/mol. The van der Waals surface area contributed by atoms with Crippen LogP contribution in [0, 0.1) is 0 Å². The van der Waals surface area contributed by atoms with E-state index in [-0.39, 0.29) is 19.6 Å². The molecule has 0 aliphatic heterocycles. The highest BCUT2D eigenvalue weighted by Crippen LogP contribution is 2.27. The van der Waals surface area contributed by atoms with Gasteiger partial charge in [-0.25, -0.2) is 10.2 Å². The quantitative estimate of drug-likeness (QED) is 0.358. The molecule has 3 amide bonds. The number of primary amides is 1. The van der Waals surface area contributed by atoms with Crippen LogP contribution >= 0.6 is 0 Å². The van der Waals surface area contributed by atoms with Gasteiger partial charge in [-0.2, -0.15) is 5.10 Å². The first-order valence-electron chi connectivity index (χ1n) is 9.82. The average Bonchev–Trinajstić information content (AvgIpc) is 2.78. The number of hydrogen-bond acceptors (Lipinski definition) is 7. The Kier molecular flexibility index (Phi) is 9.51. The van der Waals surface area contributed by atoms with E-state index in [0.29, 0.717) is 17.1 Å². The number of rotatable bonds is 11. The van der Waals surface area contributed by atoms with Crippen molar-refractivity contribution in [2.75, 3.05) is 20.3 Å². The highest BCUT2D eigenvalue weighted by atomic mass is 16.5. The Balaban J connectivity index is 2.00. The van der Waals surface area contributed by atoms with Gasteiger partial charge in [-0.1, -0.05) is 30.3 Å². The van der Waals surface area contributed by atoms with Crippen LogP contribution in [0.3, 0.4) is 0 Å². The van der Waals surface area contributed by atoms with Crippen molar-refractivity contribution in [1.29, 1.82) is 0 Å². The first kappa shape index (κ1) is 24.2. The summed E-state index contributed by atoms with van der Waals surface area (Å²) in [5, 5.41) is 6.62. The van der Waals surface area contributed by atoms with Crippen molar-refractivity contribution in [2.45, 2.75) is 19.4 Å². The number of hydrazone groups is 1. The number of ether oxygens (including phenoxy) is 3. The number of nitrogens with one attached hydrogen (secondary N) is 2. The monoisotopic (exact) mass is 442 g/mol. The van der Waals surface area contributed by atoms with Gasteiger partial charge in [0.25, 0.3) is 5.91 Å². The highest BCUT2D eigenvalue weighted by Gasteiger charge is 2.18. The molecule has 0 saturated carbocycles. The van der Waals surface area contributed by atoms with Gasteiger partial charge in [0.15, 0.2) is 18.1 Å². The van der Waals surface area contributed by atoms with Crippen LogP contribution < -0.4 is 25.9 Å². The third-order valence-electron chi connectivity index (χ3n) is 4.12. The summed E-state index contributed by atoms with van der Waals surface area (Å²) in [4.78, 5) is 35.1. The molecule has 0 radical (unpaired) electrons. The summed E-state index contributed by atoms with van der Waals surface area (Å²) in [6.07, 6.45) is 0.779. The molecule has 2 aromatic carbocycles. The normalized spacial score (nSPS) is 11.4. The van der Waals surface area contributed by atoms with Crippen molar-refractivity contribution in [1.82, 2.24) is 10.7 Å². The standard InChI is InChI=1S/C22H26N4O6/c1-3-31-22(29)25-17(16-7-5-4-6-8-16)12-21(28)26-24-13-15-9-10-18(19(11-15)30-2)32-14-20(23)27/h4-11,13,17H,3,12,14H2,1-2H3,(H2,23,27)(H,25,29)(H,26,28)/b24-13-/t17-/m0/s1. The Bertz CT molecular complexity index is 949. The molecule has 170 valence electrons. The van der Waals surface area contributed by atoms with Crippen LogP contribution in [0.5, 0.6) is 11.5 Å². The van der Waals surface area contributed by atoms with Crippen LogP contribution in [0.25, 0.3) is 0 Å². The lowest BCUT2D eigenvalue weighted by Gasteiger charge is -2.18. The number of benzene rings is 2. The summed E-state index contributed by atoms with van der Waals surface area (Å²) in [6, 6.07) is 13.4. The lowest BCUT2D eigenvalue weighted by atomic mass is 10.0. The van der Waals surface area contributed by atoms with E-state index < -0.39 is 23.9 Å². The predicted octanol–water partition coefficient (Wildman–Crippen LogP) is 1.89. The van der Waals surface area contributed by atoms with Crippen molar-refractivity contribution in [3.63, 3.8) is 0 Å². The van der Waals surface area contributed by atoms with E-state index in [4.69, 9.17) is 19.9 Å². The Morgan fingerprint density at radius 2 is 1.88 bits per heavy atom. The number of methoxy groups -OCH3 is 1. The Labute approximate surface area is 185 Å². The number of amides is 3. The molecule has 1 atom stereocenters. The summed E-state index contributed by atoms with van der Waals surface area (Å²) >= 11 is 0. The molecule has 0 fully saturated rings. The van der Waals surface area contributed by atoms with Gasteiger partial charge >= 0.3 is 6.09 Å². The first-order chi connectivity index (χ1) is 15.4. The van der Waals surface area contributed by atoms with E-state index in [2.05, 4.69) is 15.8 Å². The minimum atomic E-state index is -0.608. The lowest BCUT2D eigenvalue weighted by Crippen LogP contribution is -2.33. The largest absolute Gasteiger partial charge is 0.493 e. The van der Waals surface area contributed by atoms with Crippen molar-refractivity contribution in [2.24, 2.45) is 10.8 Å². The Morgan fingerprint density at radius 3 is 2.53 bits per heavy atom. The molecule has 4 N–H and O–H groups in total. The fraction of sp³-hybridized carbons (Fsp3) is 0.273. The smallest absolute Gasteiger partial charge is 0.407 e. The molecule has 0 spiro atoms. The van der Waals surface area contributed by atoms with Gasteiger partial charge in [0, 0.05) is 0 Å². The SMILES string of the molecule is CCOC(=O)N[C@@H](CC(=O)N/N=C\c1ccc(OCC(N)=O)c(OC)c1)c1ccccc1. The third-order valence-corrected chi connectivity index (χ3v) is 4.12. The molecule has 0 saturated heterocycles. The lowest BCUT2D eigenvalue weighted by molar-refractivity contribution is -0.121. The van der Waals surface area contributed by atoms with Gasteiger partial charge in [0.05, 0.1) is 32.4 Å². The molecular weight excluding hydrogens is 416 g/mol. The third kappa shape index (κ3) is 7.98. The zero-order valence-electron chi connectivity index (χ0n) is 17.9. The summed E-state index contributed by atoms with van der Waals surface area (Å²) < 4.78 is 15.4. The second-order valence-electron chi connectivity index (χ2n) is 6.49. The van der Waals surface area contributed by atoms with E-state index in [9.17, 15) is 14.4 Å². The van der Waals surface area contributed by atoms with E-state index in [1.54, 1.807) is 25.1 Å². The maximum absolute atomic E-state index is 12.4. The van der Waals surface area contributed by atoms with E-state index in [1.807, 2.05) is 30.3 Å². The molecule has 0 bridgehead atoms. The Morgan fingerprint density at radius 1 is 1.12 bits per heavy atom. The number of carbonyl (C=O) groups excluding carboxylic acids is 3. The highest BCUT2D eigenvalue weighted by molar-refractivity contribution is 5.84. The molecule has 2 aromatic rings. The zero-order valence-corrected chi connectivity index (χ0v) is 17.9. The van der Waals surface area contributed by atoms with Crippen molar-refractivity contribution in [3.05, 3.63) is 59.7 Å². The van der Waals surface area contributed by atoms with Gasteiger partial charge in [-0.3, -0.25) is 9.59 Å². The molecule has 10 nitrogen and oxygen atoms in total. The van der Waals surface area contributed by atoms with Crippen molar-refractivity contribution in [3.8, 4) is 11.5 Å². The van der Waals surface area contributed by atoms with Gasteiger partial charge in [-0.05, 0) is 36.2 Å². The van der Waals surface area contributed by atoms with Crippen LogP contribution in [0.4, 0.5) is 4.79 Å². The molecule has 0 unspecified atom stereocenters. The van der Waals surface area contributed by atoms with Gasteiger partial charge < -0.3 is 25.3 Å². The second-order valence-corrected chi connectivity index (χ2v) is 6.49. The molecule has 2 rings (SSSR count). The minimum absolute atomic E-state index is 0.0383.